The summed E-state index contributed by atoms with van der Waals surface area (Å²) in [6, 6.07) is 20.7. The summed E-state index contributed by atoms with van der Waals surface area (Å²) in [4.78, 5) is 44.4. The van der Waals surface area contributed by atoms with Crippen LogP contribution >= 0.6 is 0 Å². The number of nitrogens with zero attached hydrogens (tertiary/aromatic N) is 2. The van der Waals surface area contributed by atoms with Crippen molar-refractivity contribution >= 4 is 34.9 Å². The van der Waals surface area contributed by atoms with Crippen molar-refractivity contribution in [1.82, 2.24) is 4.90 Å². The van der Waals surface area contributed by atoms with Gasteiger partial charge in [-0.1, -0.05) is 36.4 Å². The fourth-order valence-corrected chi connectivity index (χ4v) is 4.62. The number of esters is 2. The molecule has 4 rings (SSSR count). The molecule has 0 saturated carbocycles. The molecule has 0 bridgehead atoms. The Kier molecular flexibility index (Phi) is 8.88. The third-order valence-electron chi connectivity index (χ3n) is 6.41. The molecule has 0 spiro atoms. The van der Waals surface area contributed by atoms with E-state index >= 15 is 0 Å². The Labute approximate surface area is 228 Å². The highest BCUT2D eigenvalue weighted by molar-refractivity contribution is 6.24. The largest absolute Gasteiger partial charge is 0.466 e. The number of methoxy groups -OCH3 is 1. The molecule has 202 valence electrons. The minimum atomic E-state index is -0.687. The van der Waals surface area contributed by atoms with Crippen molar-refractivity contribution < 1.29 is 23.9 Å². The number of carbonyl (C=O) groups is 3. The zero-order chi connectivity index (χ0) is 27.9. The molecule has 0 aliphatic carbocycles. The van der Waals surface area contributed by atoms with Crippen LogP contribution in [-0.2, 0) is 32.0 Å². The van der Waals surface area contributed by atoms with Gasteiger partial charge in [-0.3, -0.25) is 14.6 Å². The van der Waals surface area contributed by atoms with Gasteiger partial charge in [-0.25, -0.2) is 4.79 Å². The summed E-state index contributed by atoms with van der Waals surface area (Å²) in [6.45, 7) is 2.93. The number of anilines is 1. The third-order valence-corrected chi connectivity index (χ3v) is 6.41. The first-order valence-electron chi connectivity index (χ1n) is 12.9. The molecule has 1 atom stereocenters. The lowest BCUT2D eigenvalue weighted by molar-refractivity contribution is -0.143. The van der Waals surface area contributed by atoms with Gasteiger partial charge in [0.15, 0.2) is 0 Å². The van der Waals surface area contributed by atoms with E-state index in [2.05, 4.69) is 10.2 Å². The number of hydrogen-bond acceptors (Lipinski definition) is 7. The van der Waals surface area contributed by atoms with E-state index in [9.17, 15) is 14.4 Å². The fourth-order valence-electron chi connectivity index (χ4n) is 4.62. The molecule has 0 fully saturated rings. The molecule has 1 amide bonds. The third kappa shape index (κ3) is 6.78. The smallest absolute Gasteiger partial charge is 0.337 e. The van der Waals surface area contributed by atoms with E-state index in [1.165, 1.54) is 7.11 Å². The number of rotatable bonds is 10. The van der Waals surface area contributed by atoms with E-state index < -0.39 is 11.9 Å². The van der Waals surface area contributed by atoms with Crippen molar-refractivity contribution in [3.63, 3.8) is 0 Å². The van der Waals surface area contributed by atoms with Crippen LogP contribution < -0.4 is 5.32 Å². The van der Waals surface area contributed by atoms with Gasteiger partial charge < -0.3 is 19.7 Å². The second-order valence-electron chi connectivity index (χ2n) is 9.62. The molecule has 1 aliphatic heterocycles. The summed E-state index contributed by atoms with van der Waals surface area (Å²) in [6.07, 6.45) is 0.773. The quantitative estimate of drug-likeness (QED) is 0.298. The monoisotopic (exact) mass is 527 g/mol. The Bertz CT molecular complexity index is 1400. The highest BCUT2D eigenvalue weighted by Crippen LogP contribution is 2.37. The standard InChI is InChI=1S/C31H33N3O5/c1-5-39-27(35)16-11-20-7-6-8-22(17-20)29(32-24-13-9-21(10-14-24)19-34(2)3)28-25-15-12-23(31(37)38-4)18-26(25)33-30(28)36/h6-10,12-15,17-18,28H,5,11,16,19H2,1-4H3,(H,33,36). The Morgan fingerprint density at radius 3 is 2.44 bits per heavy atom. The van der Waals surface area contributed by atoms with Crippen molar-refractivity contribution in [1.29, 1.82) is 0 Å². The summed E-state index contributed by atoms with van der Waals surface area (Å²) in [5, 5.41) is 2.91. The van der Waals surface area contributed by atoms with E-state index in [0.717, 1.165) is 34.5 Å². The predicted octanol–water partition coefficient (Wildman–Crippen LogP) is 4.89. The van der Waals surface area contributed by atoms with Gasteiger partial charge in [-0.15, -0.1) is 0 Å². The summed E-state index contributed by atoms with van der Waals surface area (Å²) in [7, 11) is 5.35. The van der Waals surface area contributed by atoms with E-state index in [1.807, 2.05) is 62.6 Å². The molecule has 8 nitrogen and oxygen atoms in total. The average molecular weight is 528 g/mol. The first-order valence-corrected chi connectivity index (χ1v) is 12.9. The number of hydrogen-bond donors (Lipinski definition) is 1. The van der Waals surface area contributed by atoms with Gasteiger partial charge in [0.1, 0.15) is 5.92 Å². The van der Waals surface area contributed by atoms with Crippen molar-refractivity contribution in [2.24, 2.45) is 4.99 Å². The minimum Gasteiger partial charge on any atom is -0.466 e. The molecule has 1 heterocycles. The van der Waals surface area contributed by atoms with Crippen LogP contribution in [0.2, 0.25) is 0 Å². The lowest BCUT2D eigenvalue weighted by Gasteiger charge is -2.15. The zero-order valence-electron chi connectivity index (χ0n) is 22.7. The first kappa shape index (κ1) is 27.7. The summed E-state index contributed by atoms with van der Waals surface area (Å²) in [5.41, 5.74) is 5.81. The van der Waals surface area contributed by atoms with Crippen LogP contribution in [-0.4, -0.2) is 56.3 Å². The van der Waals surface area contributed by atoms with Crippen LogP contribution in [0, 0.1) is 0 Å². The van der Waals surface area contributed by atoms with Gasteiger partial charge in [0.25, 0.3) is 0 Å². The van der Waals surface area contributed by atoms with Gasteiger partial charge in [0, 0.05) is 18.7 Å². The van der Waals surface area contributed by atoms with Crippen LogP contribution in [0.25, 0.3) is 0 Å². The van der Waals surface area contributed by atoms with Crippen LogP contribution in [0.5, 0.6) is 0 Å². The topological polar surface area (TPSA) is 97.3 Å². The molecule has 1 aliphatic rings. The Morgan fingerprint density at radius 2 is 1.74 bits per heavy atom. The van der Waals surface area contributed by atoms with Gasteiger partial charge in [-0.05, 0) is 80.0 Å². The maximum atomic E-state index is 13.4. The predicted molar refractivity (Wildman–Crippen MR) is 151 cm³/mol. The lowest BCUT2D eigenvalue weighted by atomic mass is 9.89. The summed E-state index contributed by atoms with van der Waals surface area (Å²) in [5.74, 6) is -1.64. The van der Waals surface area contributed by atoms with Crippen molar-refractivity contribution in [3.8, 4) is 0 Å². The Hall–Kier alpha value is -4.30. The number of aryl methyl sites for hydroxylation is 1. The molecular formula is C31H33N3O5. The Morgan fingerprint density at radius 1 is 0.974 bits per heavy atom. The number of ether oxygens (including phenoxy) is 2. The lowest BCUT2D eigenvalue weighted by Crippen LogP contribution is -2.22. The van der Waals surface area contributed by atoms with Crippen LogP contribution in [0.1, 0.15) is 51.9 Å². The molecule has 39 heavy (non-hydrogen) atoms. The SMILES string of the molecule is CCOC(=O)CCc1cccc(C(=Nc2ccc(CN(C)C)cc2)C2C(=O)Nc3cc(C(=O)OC)ccc32)c1. The van der Waals surface area contributed by atoms with E-state index in [4.69, 9.17) is 14.5 Å². The van der Waals surface area contributed by atoms with Crippen molar-refractivity contribution in [3.05, 3.63) is 94.5 Å². The molecule has 3 aromatic rings. The van der Waals surface area contributed by atoms with Crippen molar-refractivity contribution in [2.75, 3.05) is 33.1 Å². The number of carbonyl (C=O) groups excluding carboxylic acids is 3. The van der Waals surface area contributed by atoms with Gasteiger partial charge in [0.2, 0.25) is 5.91 Å². The van der Waals surface area contributed by atoms with Gasteiger partial charge in [0.05, 0.1) is 30.7 Å². The maximum absolute atomic E-state index is 13.4. The number of nitrogens with one attached hydrogen (secondary N) is 1. The average Bonchev–Trinajstić information content (AvgIpc) is 3.25. The normalized spacial score (nSPS) is 14.6. The summed E-state index contributed by atoms with van der Waals surface area (Å²) >= 11 is 0. The number of fused-ring (bicyclic) bond motifs is 1. The molecule has 8 heteroatoms. The fraction of sp³-hybridized carbons (Fsp3) is 0.290. The van der Waals surface area contributed by atoms with E-state index in [1.54, 1.807) is 25.1 Å². The van der Waals surface area contributed by atoms with Crippen LogP contribution in [0.15, 0.2) is 71.7 Å². The molecule has 0 radical (unpaired) electrons. The van der Waals surface area contributed by atoms with Crippen LogP contribution in [0.4, 0.5) is 11.4 Å². The molecule has 3 aromatic carbocycles. The van der Waals surface area contributed by atoms with E-state index in [0.29, 0.717) is 30.0 Å². The van der Waals surface area contributed by atoms with E-state index in [-0.39, 0.29) is 18.3 Å². The second-order valence-corrected chi connectivity index (χ2v) is 9.62. The highest BCUT2D eigenvalue weighted by atomic mass is 16.5. The first-order chi connectivity index (χ1) is 18.8. The highest BCUT2D eigenvalue weighted by Gasteiger charge is 2.36. The minimum absolute atomic E-state index is 0.230. The van der Waals surface area contributed by atoms with Crippen LogP contribution in [0.3, 0.4) is 0 Å². The number of amides is 1. The van der Waals surface area contributed by atoms with Gasteiger partial charge in [-0.2, -0.15) is 0 Å². The molecule has 0 aromatic heterocycles. The Balaban J connectivity index is 1.75. The van der Waals surface area contributed by atoms with Crippen molar-refractivity contribution in [2.45, 2.75) is 32.2 Å². The van der Waals surface area contributed by atoms with Gasteiger partial charge >= 0.3 is 11.9 Å². The molecular weight excluding hydrogens is 494 g/mol. The second kappa shape index (κ2) is 12.5. The molecule has 0 saturated heterocycles. The number of aliphatic imine (C=N–C) groups is 1. The maximum Gasteiger partial charge on any atom is 0.337 e. The molecule has 1 unspecified atom stereocenters. The summed E-state index contributed by atoms with van der Waals surface area (Å²) < 4.78 is 9.91. The molecule has 1 N–H and O–H groups in total. The number of benzene rings is 3. The zero-order valence-corrected chi connectivity index (χ0v) is 22.7.